The molecule has 19 heavy (non-hydrogen) atoms. The molecule has 0 atom stereocenters. The summed E-state index contributed by atoms with van der Waals surface area (Å²) in [7, 11) is 1.35. The van der Waals surface area contributed by atoms with Crippen LogP contribution in [0.25, 0.3) is 0 Å². The first-order valence-electron chi connectivity index (χ1n) is 5.68. The van der Waals surface area contributed by atoms with Crippen LogP contribution >= 0.6 is 0 Å². The minimum Gasteiger partial charge on any atom is -0.398 e. The van der Waals surface area contributed by atoms with Crippen molar-refractivity contribution < 1.29 is 14.5 Å². The van der Waals surface area contributed by atoms with Crippen molar-refractivity contribution in [3.63, 3.8) is 0 Å². The van der Waals surface area contributed by atoms with Gasteiger partial charge in [-0.15, -0.1) is 0 Å². The summed E-state index contributed by atoms with van der Waals surface area (Å²) in [6.07, 6.45) is 0. The summed E-state index contributed by atoms with van der Waals surface area (Å²) in [6, 6.07) is 7.14. The van der Waals surface area contributed by atoms with Crippen molar-refractivity contribution in [2.24, 2.45) is 16.0 Å². The van der Waals surface area contributed by atoms with Crippen molar-refractivity contribution >= 4 is 17.3 Å². The minimum absolute atomic E-state index is 0.0545. The number of nitrogens with zero attached hydrogens (tertiary/aromatic N) is 2. The van der Waals surface area contributed by atoms with E-state index in [1.807, 2.05) is 26.0 Å². The molecule has 0 heterocycles. The molecule has 0 aliphatic rings. The van der Waals surface area contributed by atoms with E-state index in [1.165, 1.54) is 7.11 Å². The second-order valence-corrected chi connectivity index (χ2v) is 3.96. The van der Waals surface area contributed by atoms with Gasteiger partial charge in [-0.2, -0.15) is 0 Å². The molecule has 0 aromatic heterocycles. The quantitative estimate of drug-likeness (QED) is 0.622. The van der Waals surface area contributed by atoms with Crippen molar-refractivity contribution in [1.29, 1.82) is 0 Å². The van der Waals surface area contributed by atoms with Crippen LogP contribution in [-0.2, 0) is 21.1 Å². The lowest BCUT2D eigenvalue weighted by Crippen LogP contribution is -2.25. The predicted octanol–water partition coefficient (Wildman–Crippen LogP) is 1.43. The standard InChI is InChI=1S/C13H17N3O3/c1-9(2)15-19-8-10-6-4-5-7-11(10)12(13(14)17)16-18-3/h4-7H,8H2,1-3H3,(H2,14,17)/b16-12+. The van der Waals surface area contributed by atoms with Gasteiger partial charge in [0.1, 0.15) is 13.7 Å². The molecule has 1 aromatic rings. The van der Waals surface area contributed by atoms with Gasteiger partial charge in [0.05, 0.1) is 5.71 Å². The van der Waals surface area contributed by atoms with Gasteiger partial charge in [-0.1, -0.05) is 34.6 Å². The van der Waals surface area contributed by atoms with Crippen LogP contribution in [0, 0.1) is 0 Å². The monoisotopic (exact) mass is 263 g/mol. The van der Waals surface area contributed by atoms with Gasteiger partial charge in [-0.3, -0.25) is 4.79 Å². The van der Waals surface area contributed by atoms with Crippen molar-refractivity contribution in [2.45, 2.75) is 20.5 Å². The third-order valence-corrected chi connectivity index (χ3v) is 2.16. The van der Waals surface area contributed by atoms with E-state index >= 15 is 0 Å². The SMILES string of the molecule is CO/N=C(/C(N)=O)c1ccccc1CON=C(C)C. The number of amides is 1. The van der Waals surface area contributed by atoms with E-state index in [4.69, 9.17) is 10.6 Å². The molecule has 0 unspecified atom stereocenters. The summed E-state index contributed by atoms with van der Waals surface area (Å²) in [4.78, 5) is 21.2. The molecule has 1 rings (SSSR count). The van der Waals surface area contributed by atoms with Crippen LogP contribution in [0.3, 0.4) is 0 Å². The van der Waals surface area contributed by atoms with Crippen molar-refractivity contribution in [3.05, 3.63) is 35.4 Å². The largest absolute Gasteiger partial charge is 0.398 e. The Morgan fingerprint density at radius 1 is 1.26 bits per heavy atom. The summed E-state index contributed by atoms with van der Waals surface area (Å²) in [5, 5.41) is 7.49. The molecule has 0 radical (unpaired) electrons. The smallest absolute Gasteiger partial charge is 0.271 e. The molecular formula is C13H17N3O3. The zero-order valence-electron chi connectivity index (χ0n) is 11.2. The first-order valence-corrected chi connectivity index (χ1v) is 5.68. The summed E-state index contributed by atoms with van der Waals surface area (Å²) < 4.78 is 0. The maximum absolute atomic E-state index is 11.4. The molecule has 1 aromatic carbocycles. The summed E-state index contributed by atoms with van der Waals surface area (Å²) in [6.45, 7) is 3.87. The van der Waals surface area contributed by atoms with Gasteiger partial charge in [0.15, 0.2) is 5.71 Å². The van der Waals surface area contributed by atoms with Crippen LogP contribution in [-0.4, -0.2) is 24.4 Å². The number of hydrogen-bond acceptors (Lipinski definition) is 5. The lowest BCUT2D eigenvalue weighted by Gasteiger charge is -2.08. The third kappa shape index (κ3) is 4.42. The average Bonchev–Trinajstić information content (AvgIpc) is 2.36. The highest BCUT2D eigenvalue weighted by atomic mass is 16.6. The summed E-state index contributed by atoms with van der Waals surface area (Å²) in [5.74, 6) is -0.663. The van der Waals surface area contributed by atoms with Crippen LogP contribution in [0.1, 0.15) is 25.0 Å². The van der Waals surface area contributed by atoms with Crippen molar-refractivity contribution in [2.75, 3.05) is 7.11 Å². The van der Waals surface area contributed by atoms with Crippen LogP contribution in [0.2, 0.25) is 0 Å². The number of benzene rings is 1. The van der Waals surface area contributed by atoms with Gasteiger partial charge in [0.2, 0.25) is 0 Å². The second kappa shape index (κ2) is 7.15. The van der Waals surface area contributed by atoms with E-state index in [-0.39, 0.29) is 12.3 Å². The molecule has 0 saturated heterocycles. The molecular weight excluding hydrogens is 246 g/mol. The zero-order valence-corrected chi connectivity index (χ0v) is 11.2. The van der Waals surface area contributed by atoms with E-state index in [0.29, 0.717) is 5.56 Å². The van der Waals surface area contributed by atoms with Crippen LogP contribution in [0.15, 0.2) is 34.6 Å². The van der Waals surface area contributed by atoms with E-state index < -0.39 is 5.91 Å². The fourth-order valence-electron chi connectivity index (χ4n) is 1.43. The Bertz CT molecular complexity index is 506. The van der Waals surface area contributed by atoms with Gasteiger partial charge >= 0.3 is 0 Å². The minimum atomic E-state index is -0.663. The normalized spacial score (nSPS) is 10.8. The van der Waals surface area contributed by atoms with E-state index in [9.17, 15) is 4.79 Å². The lowest BCUT2D eigenvalue weighted by molar-refractivity contribution is -0.112. The number of nitrogens with two attached hydrogens (primary N) is 1. The number of rotatable bonds is 6. The maximum atomic E-state index is 11.4. The second-order valence-electron chi connectivity index (χ2n) is 3.96. The number of oxime groups is 2. The number of carbonyl (C=O) groups is 1. The highest BCUT2D eigenvalue weighted by molar-refractivity contribution is 6.45. The fourth-order valence-corrected chi connectivity index (χ4v) is 1.43. The molecule has 0 aliphatic heterocycles. The number of hydrogen-bond donors (Lipinski definition) is 1. The Morgan fingerprint density at radius 3 is 2.53 bits per heavy atom. The molecule has 0 aliphatic carbocycles. The Hall–Kier alpha value is -2.37. The van der Waals surface area contributed by atoms with Crippen LogP contribution in [0.5, 0.6) is 0 Å². The van der Waals surface area contributed by atoms with Crippen molar-refractivity contribution in [1.82, 2.24) is 0 Å². The first kappa shape index (κ1) is 14.7. The summed E-state index contributed by atoms with van der Waals surface area (Å²) in [5.41, 5.74) is 7.46. The molecule has 6 heteroatoms. The van der Waals surface area contributed by atoms with Gasteiger partial charge in [0, 0.05) is 11.1 Å². The molecule has 0 spiro atoms. The Balaban J connectivity index is 3.04. The first-order chi connectivity index (χ1) is 9.06. The van der Waals surface area contributed by atoms with Crippen LogP contribution < -0.4 is 5.73 Å². The molecule has 2 N–H and O–H groups in total. The molecule has 1 amide bonds. The summed E-state index contributed by atoms with van der Waals surface area (Å²) >= 11 is 0. The number of carbonyl (C=O) groups excluding carboxylic acids is 1. The van der Waals surface area contributed by atoms with E-state index in [2.05, 4.69) is 15.1 Å². The molecule has 0 fully saturated rings. The average molecular weight is 263 g/mol. The third-order valence-electron chi connectivity index (χ3n) is 2.16. The molecule has 102 valence electrons. The topological polar surface area (TPSA) is 86.3 Å². The fraction of sp³-hybridized carbons (Fsp3) is 0.308. The molecule has 0 bridgehead atoms. The lowest BCUT2D eigenvalue weighted by atomic mass is 10.0. The Labute approximate surface area is 111 Å². The van der Waals surface area contributed by atoms with Gasteiger partial charge < -0.3 is 15.4 Å². The van der Waals surface area contributed by atoms with Gasteiger partial charge in [-0.25, -0.2) is 0 Å². The zero-order chi connectivity index (χ0) is 14.3. The van der Waals surface area contributed by atoms with Crippen LogP contribution in [0.4, 0.5) is 0 Å². The van der Waals surface area contributed by atoms with E-state index in [0.717, 1.165) is 11.3 Å². The predicted molar refractivity (Wildman–Crippen MR) is 72.8 cm³/mol. The number of primary amides is 1. The highest BCUT2D eigenvalue weighted by Crippen LogP contribution is 2.12. The molecule has 6 nitrogen and oxygen atoms in total. The van der Waals surface area contributed by atoms with Gasteiger partial charge in [-0.05, 0) is 13.8 Å². The molecule has 0 saturated carbocycles. The highest BCUT2D eigenvalue weighted by Gasteiger charge is 2.15. The maximum Gasteiger partial charge on any atom is 0.271 e. The van der Waals surface area contributed by atoms with Gasteiger partial charge in [0.25, 0.3) is 5.91 Å². The van der Waals surface area contributed by atoms with E-state index in [1.54, 1.807) is 12.1 Å². The Kier molecular flexibility index (Phi) is 5.53. The Morgan fingerprint density at radius 2 is 1.95 bits per heavy atom. The van der Waals surface area contributed by atoms with Crippen molar-refractivity contribution in [3.8, 4) is 0 Å².